The van der Waals surface area contributed by atoms with Crippen molar-refractivity contribution in [2.45, 2.75) is 69.6 Å². The highest BCUT2D eigenvalue weighted by Gasteiger charge is 2.48. The summed E-state index contributed by atoms with van der Waals surface area (Å²) in [7, 11) is 0. The van der Waals surface area contributed by atoms with Crippen LogP contribution in [0.2, 0.25) is 10.2 Å². The topological polar surface area (TPSA) is 68.7 Å². The van der Waals surface area contributed by atoms with Gasteiger partial charge in [0.15, 0.2) is 0 Å². The van der Waals surface area contributed by atoms with Gasteiger partial charge in [-0.1, -0.05) is 23.2 Å². The van der Waals surface area contributed by atoms with Crippen molar-refractivity contribution in [3.63, 3.8) is 0 Å². The summed E-state index contributed by atoms with van der Waals surface area (Å²) in [6.45, 7) is 6.32. The number of hydrogen-bond acceptors (Lipinski definition) is 5. The Morgan fingerprint density at radius 2 is 2.00 bits per heavy atom. The molecule has 8 heteroatoms. The fourth-order valence-electron chi connectivity index (χ4n) is 4.84. The number of carbonyl (C=O) groups is 1. The van der Waals surface area contributed by atoms with E-state index in [9.17, 15) is 9.90 Å². The fourth-order valence-corrected chi connectivity index (χ4v) is 5.21. The maximum absolute atomic E-state index is 12.0. The highest BCUT2D eigenvalue weighted by Crippen LogP contribution is 2.36. The molecule has 4 rings (SSSR count). The average Bonchev–Trinajstić information content (AvgIpc) is 3.48. The van der Waals surface area contributed by atoms with Gasteiger partial charge in [-0.25, -0.2) is 4.98 Å². The average molecular weight is 455 g/mol. The molecule has 0 aromatic carbocycles. The van der Waals surface area contributed by atoms with E-state index in [0.717, 1.165) is 63.5 Å². The van der Waals surface area contributed by atoms with E-state index in [0.29, 0.717) is 29.1 Å². The minimum Gasteiger partial charge on any atom is -0.380 e. The summed E-state index contributed by atoms with van der Waals surface area (Å²) in [4.78, 5) is 20.9. The molecule has 1 aromatic rings. The maximum Gasteiger partial charge on any atom is 0.252 e. The van der Waals surface area contributed by atoms with Gasteiger partial charge in [-0.2, -0.15) is 0 Å². The van der Waals surface area contributed by atoms with Gasteiger partial charge in [0, 0.05) is 44.0 Å². The number of aromatic nitrogens is 1. The van der Waals surface area contributed by atoms with Gasteiger partial charge in [0.1, 0.15) is 10.8 Å². The zero-order valence-corrected chi connectivity index (χ0v) is 19.1. The van der Waals surface area contributed by atoms with Crippen molar-refractivity contribution in [2.24, 2.45) is 5.92 Å². The largest absolute Gasteiger partial charge is 0.380 e. The molecule has 3 fully saturated rings. The molecule has 0 bridgehead atoms. The number of hydrogen-bond donors (Lipinski definition) is 2. The van der Waals surface area contributed by atoms with Gasteiger partial charge in [-0.15, -0.1) is 0 Å². The maximum atomic E-state index is 12.0. The van der Waals surface area contributed by atoms with E-state index >= 15 is 0 Å². The highest BCUT2D eigenvalue weighted by molar-refractivity contribution is 6.34. The van der Waals surface area contributed by atoms with Gasteiger partial charge >= 0.3 is 0 Å². The third-order valence-corrected chi connectivity index (χ3v) is 7.50. The molecule has 2 heterocycles. The first kappa shape index (κ1) is 22.1. The third kappa shape index (κ3) is 5.21. The predicted octanol–water partition coefficient (Wildman–Crippen LogP) is 3.49. The van der Waals surface area contributed by atoms with Crippen molar-refractivity contribution in [2.75, 3.05) is 31.1 Å². The Labute approximate surface area is 188 Å². The molecular formula is C22H32Cl2N4O2. The molecule has 166 valence electrons. The van der Waals surface area contributed by atoms with Crippen molar-refractivity contribution in [1.29, 1.82) is 0 Å². The molecule has 2 saturated carbocycles. The van der Waals surface area contributed by atoms with E-state index in [4.69, 9.17) is 23.2 Å². The number of nitrogens with one attached hydrogen (secondary N) is 1. The molecule has 30 heavy (non-hydrogen) atoms. The Morgan fingerprint density at radius 1 is 1.27 bits per heavy atom. The van der Waals surface area contributed by atoms with Crippen molar-refractivity contribution in [3.05, 3.63) is 22.4 Å². The molecule has 6 nitrogen and oxygen atoms in total. The molecule has 0 spiro atoms. The lowest BCUT2D eigenvalue weighted by molar-refractivity contribution is -0.132. The molecule has 1 amide bonds. The van der Waals surface area contributed by atoms with E-state index in [1.165, 1.54) is 6.42 Å². The summed E-state index contributed by atoms with van der Waals surface area (Å²) in [5.74, 6) is 0.567. The van der Waals surface area contributed by atoms with Crippen LogP contribution < -0.4 is 10.2 Å². The summed E-state index contributed by atoms with van der Waals surface area (Å²) in [6, 6.07) is 2.46. The lowest BCUT2D eigenvalue weighted by Crippen LogP contribution is -2.52. The zero-order valence-electron chi connectivity index (χ0n) is 17.6. The minimum absolute atomic E-state index is 0.159. The fraction of sp³-hybridized carbons (Fsp3) is 0.727. The molecule has 2 aliphatic carbocycles. The van der Waals surface area contributed by atoms with Crippen LogP contribution in [0.1, 0.15) is 51.9 Å². The first-order chi connectivity index (χ1) is 14.3. The molecule has 0 radical (unpaired) electrons. The number of nitrogens with zero attached hydrogens (tertiary/aromatic N) is 3. The van der Waals surface area contributed by atoms with Crippen LogP contribution in [-0.4, -0.2) is 64.8 Å². The Hall–Kier alpha value is -1.08. The lowest BCUT2D eigenvalue weighted by atomic mass is 9.84. The van der Waals surface area contributed by atoms with Gasteiger partial charge in [-0.05, 0) is 64.3 Å². The number of rotatable bonds is 6. The van der Waals surface area contributed by atoms with Crippen molar-refractivity contribution in [3.8, 4) is 0 Å². The van der Waals surface area contributed by atoms with Crippen LogP contribution in [0.15, 0.2) is 12.3 Å². The zero-order chi connectivity index (χ0) is 21.3. The number of amides is 1. The second-order valence-electron chi connectivity index (χ2n) is 9.31. The summed E-state index contributed by atoms with van der Waals surface area (Å²) in [6.07, 6.45) is 8.42. The van der Waals surface area contributed by atoms with E-state index in [-0.39, 0.29) is 11.9 Å². The smallest absolute Gasteiger partial charge is 0.252 e. The van der Waals surface area contributed by atoms with Crippen molar-refractivity contribution >= 4 is 34.8 Å². The van der Waals surface area contributed by atoms with E-state index in [1.54, 1.807) is 6.20 Å². The second-order valence-corrected chi connectivity index (χ2v) is 10.1. The van der Waals surface area contributed by atoms with Crippen LogP contribution in [0.4, 0.5) is 5.69 Å². The van der Waals surface area contributed by atoms with E-state index in [2.05, 4.69) is 27.0 Å². The predicted molar refractivity (Wildman–Crippen MR) is 120 cm³/mol. The highest BCUT2D eigenvalue weighted by atomic mass is 35.5. The molecular weight excluding hydrogens is 423 g/mol. The van der Waals surface area contributed by atoms with Crippen molar-refractivity contribution < 1.29 is 9.90 Å². The first-order valence-electron chi connectivity index (χ1n) is 11.2. The van der Waals surface area contributed by atoms with Gasteiger partial charge < -0.3 is 15.3 Å². The Bertz CT molecular complexity index is 766. The third-order valence-electron chi connectivity index (χ3n) is 7.00. The van der Waals surface area contributed by atoms with Gasteiger partial charge in [0.25, 0.3) is 5.91 Å². The number of carbonyl (C=O) groups excluding carboxylic acids is 1. The van der Waals surface area contributed by atoms with Crippen LogP contribution in [0.5, 0.6) is 0 Å². The van der Waals surface area contributed by atoms with Gasteiger partial charge in [0.05, 0.1) is 10.7 Å². The van der Waals surface area contributed by atoms with Crippen LogP contribution in [0.25, 0.3) is 0 Å². The summed E-state index contributed by atoms with van der Waals surface area (Å²) >= 11 is 12.4. The second kappa shape index (κ2) is 9.19. The molecule has 1 saturated heterocycles. The van der Waals surface area contributed by atoms with E-state index < -0.39 is 5.60 Å². The number of piperazine rings is 1. The molecule has 3 aliphatic rings. The molecule has 1 atom stereocenters. The SMILES string of the molecule is C[C@@H]1CN(CC[C@H]2CC[C@H](NC(=O)C3(O)CC3)CC2)CCN1c1cc(Cl)ncc1Cl. The molecule has 0 unspecified atom stereocenters. The van der Waals surface area contributed by atoms with Crippen LogP contribution >= 0.6 is 23.2 Å². The quantitative estimate of drug-likeness (QED) is 0.643. The monoisotopic (exact) mass is 454 g/mol. The Morgan fingerprint density at radius 3 is 2.67 bits per heavy atom. The lowest BCUT2D eigenvalue weighted by Gasteiger charge is -2.42. The number of aliphatic hydroxyl groups is 1. The summed E-state index contributed by atoms with van der Waals surface area (Å²) < 4.78 is 0. The van der Waals surface area contributed by atoms with Gasteiger partial charge in [-0.3, -0.25) is 9.69 Å². The summed E-state index contributed by atoms with van der Waals surface area (Å²) in [5.41, 5.74) is -0.0818. The number of anilines is 1. The standard InChI is InChI=1S/C22H32Cl2N4O2/c1-15-14-27(10-11-28(15)19-12-20(24)25-13-18(19)23)9-6-16-2-4-17(5-3-16)26-21(29)22(30)7-8-22/h12-13,15-17,30H,2-11,14H2,1H3,(H,26,29)/t15-,16-,17-/m1/s1. The Balaban J connectivity index is 1.19. The normalized spacial score (nSPS) is 28.9. The van der Waals surface area contributed by atoms with Crippen molar-refractivity contribution in [1.82, 2.24) is 15.2 Å². The molecule has 1 aromatic heterocycles. The molecule has 1 aliphatic heterocycles. The number of pyridine rings is 1. The van der Waals surface area contributed by atoms with Gasteiger partial charge in [0.2, 0.25) is 0 Å². The summed E-state index contributed by atoms with van der Waals surface area (Å²) in [5, 5.41) is 14.1. The molecule has 2 N–H and O–H groups in total. The van der Waals surface area contributed by atoms with Crippen LogP contribution in [0, 0.1) is 5.92 Å². The first-order valence-corrected chi connectivity index (χ1v) is 11.9. The van der Waals surface area contributed by atoms with Crippen LogP contribution in [-0.2, 0) is 4.79 Å². The Kier molecular flexibility index (Phi) is 6.78. The number of halogens is 2. The minimum atomic E-state index is -1.05. The van der Waals surface area contributed by atoms with Crippen LogP contribution in [0.3, 0.4) is 0 Å². The van der Waals surface area contributed by atoms with E-state index in [1.807, 2.05) is 6.07 Å².